The van der Waals surface area contributed by atoms with Crippen LogP contribution in [0.4, 0.5) is 4.39 Å². The average Bonchev–Trinajstić information content (AvgIpc) is 2.88. The van der Waals surface area contributed by atoms with Crippen molar-refractivity contribution in [2.45, 2.75) is 12.3 Å². The van der Waals surface area contributed by atoms with Gasteiger partial charge < -0.3 is 10.1 Å². The van der Waals surface area contributed by atoms with Gasteiger partial charge >= 0.3 is 0 Å². The van der Waals surface area contributed by atoms with E-state index in [9.17, 15) is 4.39 Å². The zero-order valence-electron chi connectivity index (χ0n) is 12.4. The van der Waals surface area contributed by atoms with Crippen LogP contribution < -0.4 is 5.32 Å². The lowest BCUT2D eigenvalue weighted by Crippen LogP contribution is -2.27. The third-order valence-corrected chi connectivity index (χ3v) is 3.45. The minimum absolute atomic E-state index is 0.00551. The maximum absolute atomic E-state index is 14.0. The van der Waals surface area contributed by atoms with Crippen LogP contribution in [0.25, 0.3) is 0 Å². The van der Waals surface area contributed by atoms with Gasteiger partial charge in [-0.3, -0.25) is 4.68 Å². The minimum Gasteiger partial charge on any atom is -0.383 e. The van der Waals surface area contributed by atoms with Crippen LogP contribution in [-0.2, 0) is 18.2 Å². The molecule has 1 unspecified atom stereocenters. The molecule has 0 radical (unpaired) electrons. The summed E-state index contributed by atoms with van der Waals surface area (Å²) in [6, 6.07) is 6.89. The Morgan fingerprint density at radius 2 is 2.19 bits per heavy atom. The Kier molecular flexibility index (Phi) is 5.83. The summed E-state index contributed by atoms with van der Waals surface area (Å²) >= 11 is 0. The topological polar surface area (TPSA) is 52.0 Å². The number of aryl methyl sites for hydroxylation is 1. The van der Waals surface area contributed by atoms with E-state index in [1.807, 2.05) is 19.2 Å². The standard InChI is InChI=1S/C15H21FN4O/c1-20-15(18-11-19-20)9-12(10-17-7-8-21-2)13-5-3-4-6-14(13)16/h3-6,11-12,17H,7-10H2,1-2H3. The number of hydrogen-bond donors (Lipinski definition) is 1. The second-order valence-electron chi connectivity index (χ2n) is 4.92. The number of methoxy groups -OCH3 is 1. The zero-order chi connectivity index (χ0) is 15.1. The normalized spacial score (nSPS) is 12.5. The molecule has 2 aromatic rings. The zero-order valence-corrected chi connectivity index (χ0v) is 12.4. The van der Waals surface area contributed by atoms with Crippen LogP contribution in [0, 0.1) is 5.82 Å². The number of nitrogens with one attached hydrogen (secondary N) is 1. The van der Waals surface area contributed by atoms with Gasteiger partial charge in [-0.25, -0.2) is 9.37 Å². The summed E-state index contributed by atoms with van der Waals surface area (Å²) < 4.78 is 20.8. The molecule has 0 fully saturated rings. The molecule has 0 amide bonds. The van der Waals surface area contributed by atoms with Crippen molar-refractivity contribution in [1.82, 2.24) is 20.1 Å². The number of benzene rings is 1. The molecular weight excluding hydrogens is 271 g/mol. The monoisotopic (exact) mass is 292 g/mol. The molecule has 1 atom stereocenters. The highest BCUT2D eigenvalue weighted by molar-refractivity contribution is 5.23. The molecule has 1 aromatic carbocycles. The van der Waals surface area contributed by atoms with Gasteiger partial charge in [-0.05, 0) is 11.6 Å². The quantitative estimate of drug-likeness (QED) is 0.750. The van der Waals surface area contributed by atoms with E-state index in [0.717, 1.165) is 12.4 Å². The maximum Gasteiger partial charge on any atom is 0.138 e. The summed E-state index contributed by atoms with van der Waals surface area (Å²) in [6.07, 6.45) is 2.16. The Hall–Kier alpha value is -1.79. The number of aromatic nitrogens is 3. The molecule has 1 aromatic heterocycles. The molecule has 0 saturated carbocycles. The van der Waals surface area contributed by atoms with E-state index < -0.39 is 0 Å². The molecule has 0 aliphatic rings. The van der Waals surface area contributed by atoms with Gasteiger partial charge in [-0.2, -0.15) is 5.10 Å². The maximum atomic E-state index is 14.0. The molecule has 0 aliphatic carbocycles. The average molecular weight is 292 g/mol. The lowest BCUT2D eigenvalue weighted by atomic mass is 9.94. The molecular formula is C15H21FN4O. The van der Waals surface area contributed by atoms with Crippen LogP contribution in [-0.4, -0.2) is 41.6 Å². The smallest absolute Gasteiger partial charge is 0.138 e. The Morgan fingerprint density at radius 3 is 2.86 bits per heavy atom. The van der Waals surface area contributed by atoms with Gasteiger partial charge in [0.05, 0.1) is 6.61 Å². The van der Waals surface area contributed by atoms with Crippen molar-refractivity contribution in [3.05, 3.63) is 47.8 Å². The van der Waals surface area contributed by atoms with Gasteiger partial charge in [0.1, 0.15) is 18.0 Å². The van der Waals surface area contributed by atoms with Crippen LogP contribution in [0.2, 0.25) is 0 Å². The SMILES string of the molecule is COCCNCC(Cc1ncnn1C)c1ccccc1F. The Bertz CT molecular complexity index is 558. The van der Waals surface area contributed by atoms with Gasteiger partial charge in [0.2, 0.25) is 0 Å². The number of halogens is 1. The lowest BCUT2D eigenvalue weighted by molar-refractivity contribution is 0.199. The molecule has 1 heterocycles. The second-order valence-corrected chi connectivity index (χ2v) is 4.92. The Morgan fingerprint density at radius 1 is 1.38 bits per heavy atom. The van der Waals surface area contributed by atoms with Gasteiger partial charge in [0, 0.05) is 39.6 Å². The van der Waals surface area contributed by atoms with E-state index in [-0.39, 0.29) is 11.7 Å². The van der Waals surface area contributed by atoms with E-state index in [1.165, 1.54) is 12.4 Å². The van der Waals surface area contributed by atoms with E-state index in [2.05, 4.69) is 15.4 Å². The molecule has 5 nitrogen and oxygen atoms in total. The predicted molar refractivity (Wildman–Crippen MR) is 78.6 cm³/mol. The molecule has 2 rings (SSSR count). The number of nitrogens with zero attached hydrogens (tertiary/aromatic N) is 3. The molecule has 21 heavy (non-hydrogen) atoms. The first-order valence-corrected chi connectivity index (χ1v) is 6.99. The third-order valence-electron chi connectivity index (χ3n) is 3.45. The first-order valence-electron chi connectivity index (χ1n) is 6.99. The van der Waals surface area contributed by atoms with Crippen LogP contribution in [0.1, 0.15) is 17.3 Å². The van der Waals surface area contributed by atoms with Crippen LogP contribution in [0.3, 0.4) is 0 Å². The number of hydrogen-bond acceptors (Lipinski definition) is 4. The fourth-order valence-electron chi connectivity index (χ4n) is 2.27. The first-order chi connectivity index (χ1) is 10.2. The van der Waals surface area contributed by atoms with Gasteiger partial charge in [0.25, 0.3) is 0 Å². The Labute approximate surface area is 124 Å². The van der Waals surface area contributed by atoms with Crippen molar-refractivity contribution in [1.29, 1.82) is 0 Å². The van der Waals surface area contributed by atoms with E-state index in [4.69, 9.17) is 4.74 Å². The molecule has 6 heteroatoms. The number of ether oxygens (including phenoxy) is 1. The van der Waals surface area contributed by atoms with Crippen molar-refractivity contribution >= 4 is 0 Å². The molecule has 1 N–H and O–H groups in total. The second kappa shape index (κ2) is 7.85. The predicted octanol–water partition coefficient (Wildman–Crippen LogP) is 1.52. The van der Waals surface area contributed by atoms with Crippen molar-refractivity contribution in [3.8, 4) is 0 Å². The van der Waals surface area contributed by atoms with Gasteiger partial charge in [-0.1, -0.05) is 18.2 Å². The summed E-state index contributed by atoms with van der Waals surface area (Å²) in [4.78, 5) is 4.23. The number of rotatable bonds is 8. The summed E-state index contributed by atoms with van der Waals surface area (Å²) in [5.74, 6) is 0.668. The third kappa shape index (κ3) is 4.34. The fraction of sp³-hybridized carbons (Fsp3) is 0.467. The van der Waals surface area contributed by atoms with Gasteiger partial charge in [-0.15, -0.1) is 0 Å². The fourth-order valence-corrected chi connectivity index (χ4v) is 2.27. The summed E-state index contributed by atoms with van der Waals surface area (Å²) in [7, 11) is 3.51. The van der Waals surface area contributed by atoms with Crippen molar-refractivity contribution < 1.29 is 9.13 Å². The van der Waals surface area contributed by atoms with Gasteiger partial charge in [0.15, 0.2) is 0 Å². The lowest BCUT2D eigenvalue weighted by Gasteiger charge is -2.18. The molecule has 0 bridgehead atoms. The van der Waals surface area contributed by atoms with Crippen molar-refractivity contribution in [2.24, 2.45) is 7.05 Å². The van der Waals surface area contributed by atoms with Crippen molar-refractivity contribution in [3.63, 3.8) is 0 Å². The highest BCUT2D eigenvalue weighted by Gasteiger charge is 2.18. The highest BCUT2D eigenvalue weighted by Crippen LogP contribution is 2.22. The Balaban J connectivity index is 2.10. The first kappa shape index (κ1) is 15.6. The summed E-state index contributed by atoms with van der Waals surface area (Å²) in [5.41, 5.74) is 0.699. The van der Waals surface area contributed by atoms with Crippen LogP contribution in [0.15, 0.2) is 30.6 Å². The van der Waals surface area contributed by atoms with E-state index in [1.54, 1.807) is 17.9 Å². The molecule has 0 spiro atoms. The molecule has 0 aliphatic heterocycles. The largest absolute Gasteiger partial charge is 0.383 e. The summed E-state index contributed by atoms with van der Waals surface area (Å²) in [5, 5.41) is 7.36. The van der Waals surface area contributed by atoms with E-state index >= 15 is 0 Å². The van der Waals surface area contributed by atoms with E-state index in [0.29, 0.717) is 25.1 Å². The minimum atomic E-state index is -0.182. The van der Waals surface area contributed by atoms with Crippen LogP contribution >= 0.6 is 0 Å². The molecule has 0 saturated heterocycles. The van der Waals surface area contributed by atoms with Crippen molar-refractivity contribution in [2.75, 3.05) is 26.8 Å². The summed E-state index contributed by atoms with van der Waals surface area (Å²) in [6.45, 7) is 2.03. The molecule has 114 valence electrons. The highest BCUT2D eigenvalue weighted by atomic mass is 19.1. The van der Waals surface area contributed by atoms with Crippen LogP contribution in [0.5, 0.6) is 0 Å².